The first-order chi connectivity index (χ1) is 14.9. The van der Waals surface area contributed by atoms with Crippen LogP contribution in [0.5, 0.6) is 0 Å². The lowest BCUT2D eigenvalue weighted by Crippen LogP contribution is -2.47. The molecule has 3 aromatic rings. The van der Waals surface area contributed by atoms with Gasteiger partial charge in [-0.15, -0.1) is 23.1 Å². The zero-order valence-corrected chi connectivity index (χ0v) is 19.2. The molecule has 0 saturated carbocycles. The monoisotopic (exact) mass is 497 g/mol. The first-order valence-electron chi connectivity index (χ1n) is 9.18. The van der Waals surface area contributed by atoms with E-state index in [1.54, 1.807) is 0 Å². The molecule has 31 heavy (non-hydrogen) atoms. The molecule has 0 spiro atoms. The van der Waals surface area contributed by atoms with Crippen molar-refractivity contribution in [3.8, 4) is 10.6 Å². The van der Waals surface area contributed by atoms with E-state index in [4.69, 9.17) is 11.6 Å². The van der Waals surface area contributed by atoms with Crippen LogP contribution in [0.25, 0.3) is 10.6 Å². The number of aromatic nitrogens is 1. The Labute approximate surface area is 192 Å². The molecule has 0 aliphatic carbocycles. The molecule has 1 atom stereocenters. The van der Waals surface area contributed by atoms with Crippen molar-refractivity contribution in [3.05, 3.63) is 70.4 Å². The average Bonchev–Trinajstić information content (AvgIpc) is 3.45. The molecule has 1 saturated heterocycles. The molecule has 11 heteroatoms. The van der Waals surface area contributed by atoms with Crippen molar-refractivity contribution in [1.82, 2.24) is 14.6 Å². The summed E-state index contributed by atoms with van der Waals surface area (Å²) >= 11 is 8.55. The van der Waals surface area contributed by atoms with E-state index in [1.807, 2.05) is 35.7 Å². The van der Waals surface area contributed by atoms with Crippen molar-refractivity contribution < 1.29 is 17.6 Å². The maximum atomic E-state index is 13.4. The fourth-order valence-corrected chi connectivity index (χ4v) is 7.29. The normalized spacial score (nSPS) is 17.0. The van der Waals surface area contributed by atoms with E-state index in [0.29, 0.717) is 11.4 Å². The van der Waals surface area contributed by atoms with Gasteiger partial charge < -0.3 is 5.32 Å². The zero-order chi connectivity index (χ0) is 22.0. The molecule has 6 nitrogen and oxygen atoms in total. The van der Waals surface area contributed by atoms with Gasteiger partial charge in [-0.25, -0.2) is 17.8 Å². The highest BCUT2D eigenvalue weighted by Crippen LogP contribution is 2.30. The molecule has 162 valence electrons. The minimum atomic E-state index is -4.00. The van der Waals surface area contributed by atoms with Crippen molar-refractivity contribution >= 4 is 50.6 Å². The predicted octanol–water partition coefficient (Wildman–Crippen LogP) is 3.98. The maximum absolute atomic E-state index is 13.4. The summed E-state index contributed by atoms with van der Waals surface area (Å²) in [6.45, 7) is 0.194. The lowest BCUT2D eigenvalue weighted by molar-refractivity contribution is -0.124. The van der Waals surface area contributed by atoms with Gasteiger partial charge in [-0.2, -0.15) is 4.31 Å². The topological polar surface area (TPSA) is 79.4 Å². The molecule has 0 unspecified atom stereocenters. The Kier molecular flexibility index (Phi) is 6.63. The third kappa shape index (κ3) is 4.78. The zero-order valence-electron chi connectivity index (χ0n) is 16.0. The summed E-state index contributed by atoms with van der Waals surface area (Å²) in [6, 6.07) is 12.0. The van der Waals surface area contributed by atoms with E-state index in [2.05, 4.69) is 10.3 Å². The van der Waals surface area contributed by atoms with Crippen molar-refractivity contribution in [2.24, 2.45) is 0 Å². The van der Waals surface area contributed by atoms with Crippen molar-refractivity contribution in [2.45, 2.75) is 17.5 Å². The van der Waals surface area contributed by atoms with Gasteiger partial charge in [-0.1, -0.05) is 41.9 Å². The largest absolute Gasteiger partial charge is 0.349 e. The van der Waals surface area contributed by atoms with Crippen LogP contribution in [-0.2, 0) is 21.4 Å². The minimum absolute atomic E-state index is 0.129. The van der Waals surface area contributed by atoms with Gasteiger partial charge >= 0.3 is 0 Å². The summed E-state index contributed by atoms with van der Waals surface area (Å²) in [5, 5.41) is 5.20. The van der Waals surface area contributed by atoms with E-state index in [0.717, 1.165) is 33.1 Å². The lowest BCUT2D eigenvalue weighted by atomic mass is 10.2. The predicted molar refractivity (Wildman–Crippen MR) is 121 cm³/mol. The molecule has 0 radical (unpaired) electrons. The second kappa shape index (κ2) is 9.25. The Morgan fingerprint density at radius 2 is 2.03 bits per heavy atom. The van der Waals surface area contributed by atoms with Crippen LogP contribution in [0.1, 0.15) is 5.69 Å². The third-order valence-corrected chi connectivity index (χ3v) is 8.91. The van der Waals surface area contributed by atoms with Crippen LogP contribution in [0.2, 0.25) is 5.02 Å². The van der Waals surface area contributed by atoms with Gasteiger partial charge in [0.15, 0.2) is 0 Å². The number of nitrogens with zero attached hydrogens (tertiary/aromatic N) is 2. The highest BCUT2D eigenvalue weighted by molar-refractivity contribution is 8.00. The van der Waals surface area contributed by atoms with Crippen molar-refractivity contribution in [2.75, 3.05) is 11.6 Å². The van der Waals surface area contributed by atoms with Crippen LogP contribution < -0.4 is 5.32 Å². The molecule has 1 amide bonds. The summed E-state index contributed by atoms with van der Waals surface area (Å²) in [6.07, 6.45) is 0. The van der Waals surface area contributed by atoms with Gasteiger partial charge in [0.1, 0.15) is 16.9 Å². The smallest absolute Gasteiger partial charge is 0.244 e. The van der Waals surface area contributed by atoms with E-state index in [-0.39, 0.29) is 22.3 Å². The van der Waals surface area contributed by atoms with Crippen LogP contribution in [0, 0.1) is 5.82 Å². The first kappa shape index (κ1) is 22.2. The van der Waals surface area contributed by atoms with Gasteiger partial charge in [0.05, 0.1) is 28.0 Å². The number of nitrogens with one attached hydrogen (secondary N) is 1. The molecule has 4 rings (SSSR count). The van der Waals surface area contributed by atoms with Gasteiger partial charge in [0.25, 0.3) is 0 Å². The Balaban J connectivity index is 1.44. The molecule has 1 aliphatic rings. The van der Waals surface area contributed by atoms with Crippen LogP contribution in [0.4, 0.5) is 4.39 Å². The molecular formula is C20H17ClFN3O3S3. The van der Waals surface area contributed by atoms with Crippen LogP contribution in [-0.4, -0.2) is 41.3 Å². The fraction of sp³-hybridized carbons (Fsp3) is 0.200. The molecule has 2 aromatic carbocycles. The Hall–Kier alpha value is -1.98. The van der Waals surface area contributed by atoms with E-state index in [1.165, 1.54) is 23.1 Å². The maximum Gasteiger partial charge on any atom is 0.244 e. The minimum Gasteiger partial charge on any atom is -0.349 e. The molecule has 1 aliphatic heterocycles. The number of rotatable bonds is 6. The summed E-state index contributed by atoms with van der Waals surface area (Å²) in [5.74, 6) is -0.656. The Morgan fingerprint density at radius 1 is 1.26 bits per heavy atom. The van der Waals surface area contributed by atoms with Crippen LogP contribution in [0.3, 0.4) is 0 Å². The third-order valence-electron chi connectivity index (χ3n) is 4.66. The second-order valence-electron chi connectivity index (χ2n) is 6.71. The van der Waals surface area contributed by atoms with Gasteiger partial charge in [0.2, 0.25) is 15.9 Å². The van der Waals surface area contributed by atoms with Crippen LogP contribution in [0.15, 0.2) is 58.8 Å². The van der Waals surface area contributed by atoms with Gasteiger partial charge in [-0.05, 0) is 18.2 Å². The fourth-order valence-electron chi connectivity index (χ4n) is 3.04. The molecule has 0 bridgehead atoms. The lowest BCUT2D eigenvalue weighted by Gasteiger charge is -2.22. The Bertz CT molecular complexity index is 1200. The summed E-state index contributed by atoms with van der Waals surface area (Å²) in [5.41, 5.74) is 1.69. The highest BCUT2D eigenvalue weighted by atomic mass is 35.5. The van der Waals surface area contributed by atoms with E-state index < -0.39 is 27.8 Å². The number of carbonyl (C=O) groups excluding carboxylic acids is 1. The van der Waals surface area contributed by atoms with Crippen molar-refractivity contribution in [1.29, 1.82) is 0 Å². The SMILES string of the molecule is O=C(NCc1csc(-c2ccccc2)n1)[C@H]1CSCN1S(=O)(=O)c1ccc(F)c(Cl)c1. The number of sulfonamides is 1. The second-order valence-corrected chi connectivity index (χ2v) is 10.9. The summed E-state index contributed by atoms with van der Waals surface area (Å²) in [4.78, 5) is 17.1. The molecular weight excluding hydrogens is 481 g/mol. The molecule has 1 N–H and O–H groups in total. The molecule has 1 fully saturated rings. The van der Waals surface area contributed by atoms with Gasteiger partial charge in [-0.3, -0.25) is 4.79 Å². The van der Waals surface area contributed by atoms with Crippen molar-refractivity contribution in [3.63, 3.8) is 0 Å². The number of hydrogen-bond donors (Lipinski definition) is 1. The first-order valence-corrected chi connectivity index (χ1v) is 13.0. The average molecular weight is 498 g/mol. The number of halogens is 2. The number of hydrogen-bond acceptors (Lipinski definition) is 6. The Morgan fingerprint density at radius 3 is 2.77 bits per heavy atom. The molecule has 1 aromatic heterocycles. The number of benzene rings is 2. The van der Waals surface area contributed by atoms with Crippen LogP contribution >= 0.6 is 34.7 Å². The number of carbonyl (C=O) groups is 1. The van der Waals surface area contributed by atoms with E-state index >= 15 is 0 Å². The quantitative estimate of drug-likeness (QED) is 0.557. The standard InChI is InChI=1S/C20H17ClFN3O3S3/c21-16-8-15(6-7-17(16)22)31(27,28)25-12-29-11-18(25)19(26)23-9-14-10-30-20(24-14)13-4-2-1-3-5-13/h1-8,10,18H,9,11-12H2,(H,23,26)/t18-/m1/s1. The number of thiazole rings is 1. The van der Waals surface area contributed by atoms with E-state index in [9.17, 15) is 17.6 Å². The van der Waals surface area contributed by atoms with Gasteiger partial charge in [0, 0.05) is 16.7 Å². The molecule has 2 heterocycles. The summed E-state index contributed by atoms with van der Waals surface area (Å²) in [7, 11) is -4.00. The number of amides is 1. The highest BCUT2D eigenvalue weighted by Gasteiger charge is 2.40. The summed E-state index contributed by atoms with van der Waals surface area (Å²) < 4.78 is 40.5. The number of thioether (sulfide) groups is 1.